The number of rotatable bonds is 2. The van der Waals surface area contributed by atoms with Crippen LogP contribution in [0.15, 0.2) is 0 Å². The molecule has 0 saturated carbocycles. The van der Waals surface area contributed by atoms with E-state index >= 15 is 0 Å². The lowest BCUT2D eigenvalue weighted by atomic mass is 10.3. The number of hydrogen-bond donors (Lipinski definition) is 3. The van der Waals surface area contributed by atoms with Gasteiger partial charge in [-0.15, -0.1) is 0 Å². The largest absolute Gasteiger partial charge is 0.389 e. The van der Waals surface area contributed by atoms with Gasteiger partial charge in [0.1, 0.15) is 17.5 Å². The second-order valence-electron chi connectivity index (χ2n) is 4.37. The van der Waals surface area contributed by atoms with Crippen molar-refractivity contribution in [2.24, 2.45) is 0 Å². The molecule has 1 saturated heterocycles. The van der Waals surface area contributed by atoms with Crippen LogP contribution in [0.4, 0.5) is 11.6 Å². The Kier molecular flexibility index (Phi) is 3.17. The standard InChI is InChI=1S/C11H18N4O2/c1-3-9-13-10(12)6(2)11(14-9)15-4-7(16)8(17)5-15/h7-8,16-17H,3-5H2,1-2H3,(H2,12,13,14). The highest BCUT2D eigenvalue weighted by molar-refractivity contribution is 5.57. The van der Waals surface area contributed by atoms with Crippen LogP contribution in [-0.4, -0.2) is 45.5 Å². The lowest BCUT2D eigenvalue weighted by Gasteiger charge is -2.20. The number of aliphatic hydroxyl groups excluding tert-OH is 2. The highest BCUT2D eigenvalue weighted by atomic mass is 16.3. The minimum absolute atomic E-state index is 0.377. The molecule has 0 bridgehead atoms. The van der Waals surface area contributed by atoms with Gasteiger partial charge in [0.2, 0.25) is 0 Å². The van der Waals surface area contributed by atoms with Gasteiger partial charge in [0.15, 0.2) is 0 Å². The zero-order valence-electron chi connectivity index (χ0n) is 10.1. The molecule has 6 heteroatoms. The maximum Gasteiger partial charge on any atom is 0.137 e. The van der Waals surface area contributed by atoms with E-state index in [9.17, 15) is 10.2 Å². The Hall–Kier alpha value is -1.40. The molecule has 4 N–H and O–H groups in total. The van der Waals surface area contributed by atoms with Gasteiger partial charge in [-0.25, -0.2) is 9.97 Å². The summed E-state index contributed by atoms with van der Waals surface area (Å²) in [5.74, 6) is 1.85. The lowest BCUT2D eigenvalue weighted by molar-refractivity contribution is 0.0572. The van der Waals surface area contributed by atoms with Crippen molar-refractivity contribution in [3.8, 4) is 0 Å². The second kappa shape index (κ2) is 4.46. The first kappa shape index (κ1) is 12.1. The molecule has 17 heavy (non-hydrogen) atoms. The molecule has 1 aromatic rings. The Bertz CT molecular complexity index is 414. The fraction of sp³-hybridized carbons (Fsp3) is 0.636. The summed E-state index contributed by atoms with van der Waals surface area (Å²) in [4.78, 5) is 10.4. The molecule has 2 atom stereocenters. The van der Waals surface area contributed by atoms with Gasteiger partial charge in [0.05, 0.1) is 12.2 Å². The highest BCUT2D eigenvalue weighted by Crippen LogP contribution is 2.25. The van der Waals surface area contributed by atoms with Crippen molar-refractivity contribution >= 4 is 11.6 Å². The summed E-state index contributed by atoms with van der Waals surface area (Å²) >= 11 is 0. The van der Waals surface area contributed by atoms with E-state index in [1.807, 2.05) is 18.7 Å². The SMILES string of the molecule is CCc1nc(N)c(C)c(N2CC(O)C(O)C2)n1. The molecule has 0 aromatic carbocycles. The number of anilines is 2. The predicted octanol–water partition coefficient (Wildman–Crippen LogP) is -0.529. The summed E-state index contributed by atoms with van der Waals surface area (Å²) in [5.41, 5.74) is 6.63. The third-order valence-corrected chi connectivity index (χ3v) is 3.08. The molecule has 0 radical (unpaired) electrons. The minimum atomic E-state index is -0.726. The van der Waals surface area contributed by atoms with Crippen LogP contribution < -0.4 is 10.6 Å². The van der Waals surface area contributed by atoms with Crippen molar-refractivity contribution in [1.29, 1.82) is 0 Å². The number of aliphatic hydroxyl groups is 2. The fourth-order valence-corrected chi connectivity index (χ4v) is 1.98. The monoisotopic (exact) mass is 238 g/mol. The lowest BCUT2D eigenvalue weighted by Crippen LogP contribution is -2.24. The van der Waals surface area contributed by atoms with Crippen LogP contribution in [-0.2, 0) is 6.42 Å². The molecule has 6 nitrogen and oxygen atoms in total. The Labute approximate surface area is 100 Å². The summed E-state index contributed by atoms with van der Waals surface area (Å²) in [6, 6.07) is 0. The van der Waals surface area contributed by atoms with E-state index in [2.05, 4.69) is 9.97 Å². The van der Waals surface area contributed by atoms with Crippen molar-refractivity contribution < 1.29 is 10.2 Å². The second-order valence-corrected chi connectivity index (χ2v) is 4.37. The molecule has 1 aromatic heterocycles. The summed E-state index contributed by atoms with van der Waals surface area (Å²) < 4.78 is 0. The highest BCUT2D eigenvalue weighted by Gasteiger charge is 2.31. The van der Waals surface area contributed by atoms with Gasteiger partial charge in [0, 0.05) is 25.1 Å². The van der Waals surface area contributed by atoms with E-state index in [1.165, 1.54) is 0 Å². The normalized spacial score (nSPS) is 24.4. The number of β-amino-alcohol motifs (C(OH)–C–C–N with tert-alkyl or cyclic N) is 2. The van der Waals surface area contributed by atoms with Gasteiger partial charge in [-0.3, -0.25) is 0 Å². The van der Waals surface area contributed by atoms with Crippen LogP contribution >= 0.6 is 0 Å². The van der Waals surface area contributed by atoms with E-state index in [-0.39, 0.29) is 0 Å². The first-order valence-electron chi connectivity index (χ1n) is 5.77. The van der Waals surface area contributed by atoms with Crippen LogP contribution in [0.5, 0.6) is 0 Å². The van der Waals surface area contributed by atoms with Crippen molar-refractivity contribution in [2.75, 3.05) is 23.7 Å². The molecule has 0 spiro atoms. The molecule has 2 heterocycles. The third kappa shape index (κ3) is 2.18. The molecular weight excluding hydrogens is 220 g/mol. The van der Waals surface area contributed by atoms with Gasteiger partial charge in [0.25, 0.3) is 0 Å². The van der Waals surface area contributed by atoms with Crippen LogP contribution in [0, 0.1) is 6.92 Å². The number of nitrogens with zero attached hydrogens (tertiary/aromatic N) is 3. The van der Waals surface area contributed by atoms with Gasteiger partial charge in [-0.1, -0.05) is 6.92 Å². The topological polar surface area (TPSA) is 95.5 Å². The maximum absolute atomic E-state index is 9.55. The van der Waals surface area contributed by atoms with Crippen LogP contribution in [0.25, 0.3) is 0 Å². The van der Waals surface area contributed by atoms with Crippen molar-refractivity contribution in [1.82, 2.24) is 9.97 Å². The number of aryl methyl sites for hydroxylation is 1. The van der Waals surface area contributed by atoms with Crippen molar-refractivity contribution in [2.45, 2.75) is 32.5 Å². The summed E-state index contributed by atoms with van der Waals surface area (Å²) in [5, 5.41) is 19.1. The minimum Gasteiger partial charge on any atom is -0.389 e. The molecule has 0 amide bonds. The zero-order valence-corrected chi connectivity index (χ0v) is 10.1. The molecule has 1 aliphatic heterocycles. The molecule has 1 fully saturated rings. The number of hydrogen-bond acceptors (Lipinski definition) is 6. The van der Waals surface area contributed by atoms with Crippen molar-refractivity contribution in [3.63, 3.8) is 0 Å². The molecular formula is C11H18N4O2. The van der Waals surface area contributed by atoms with E-state index in [4.69, 9.17) is 5.73 Å². The zero-order chi connectivity index (χ0) is 12.6. The molecule has 94 valence electrons. The Morgan fingerprint density at radius 1 is 1.29 bits per heavy atom. The van der Waals surface area contributed by atoms with E-state index in [0.717, 1.165) is 5.56 Å². The number of nitrogen functional groups attached to an aromatic ring is 1. The quantitative estimate of drug-likeness (QED) is 0.641. The van der Waals surface area contributed by atoms with E-state index in [1.54, 1.807) is 0 Å². The van der Waals surface area contributed by atoms with E-state index in [0.29, 0.717) is 37.0 Å². The summed E-state index contributed by atoms with van der Waals surface area (Å²) in [6.45, 7) is 4.56. The third-order valence-electron chi connectivity index (χ3n) is 3.08. The first-order chi connectivity index (χ1) is 8.02. The van der Waals surface area contributed by atoms with Gasteiger partial charge < -0.3 is 20.8 Å². The summed E-state index contributed by atoms with van der Waals surface area (Å²) in [6.07, 6.45) is -0.748. The number of nitrogens with two attached hydrogens (primary N) is 1. The maximum atomic E-state index is 9.55. The molecule has 1 aliphatic rings. The summed E-state index contributed by atoms with van der Waals surface area (Å²) in [7, 11) is 0. The Morgan fingerprint density at radius 2 is 1.88 bits per heavy atom. The Balaban J connectivity index is 2.35. The fourth-order valence-electron chi connectivity index (χ4n) is 1.98. The average Bonchev–Trinajstić information content (AvgIpc) is 2.62. The average molecular weight is 238 g/mol. The Morgan fingerprint density at radius 3 is 2.41 bits per heavy atom. The molecule has 2 rings (SSSR count). The van der Waals surface area contributed by atoms with Crippen molar-refractivity contribution in [3.05, 3.63) is 11.4 Å². The van der Waals surface area contributed by atoms with Gasteiger partial charge >= 0.3 is 0 Å². The van der Waals surface area contributed by atoms with Crippen LogP contribution in [0.2, 0.25) is 0 Å². The molecule has 0 aliphatic carbocycles. The predicted molar refractivity (Wildman–Crippen MR) is 64.8 cm³/mol. The number of aromatic nitrogens is 2. The van der Waals surface area contributed by atoms with Crippen LogP contribution in [0.3, 0.4) is 0 Å². The smallest absolute Gasteiger partial charge is 0.137 e. The van der Waals surface area contributed by atoms with E-state index < -0.39 is 12.2 Å². The van der Waals surface area contributed by atoms with Gasteiger partial charge in [-0.2, -0.15) is 0 Å². The van der Waals surface area contributed by atoms with Gasteiger partial charge in [-0.05, 0) is 6.92 Å². The molecule has 2 unspecified atom stereocenters. The van der Waals surface area contributed by atoms with Crippen LogP contribution in [0.1, 0.15) is 18.3 Å². The first-order valence-corrected chi connectivity index (χ1v) is 5.77.